The maximum absolute atomic E-state index is 14.5. The van der Waals surface area contributed by atoms with Crippen molar-refractivity contribution in [3.63, 3.8) is 0 Å². The molecular weight excluding hydrogens is 570 g/mol. The first-order valence-electron chi connectivity index (χ1n) is 14.9. The third-order valence-corrected chi connectivity index (χ3v) is 9.36. The zero-order valence-electron chi connectivity index (χ0n) is 25.8. The van der Waals surface area contributed by atoms with Crippen LogP contribution in [-0.2, 0) is 32.6 Å². The van der Waals surface area contributed by atoms with Gasteiger partial charge >= 0.3 is 0 Å². The van der Waals surface area contributed by atoms with Gasteiger partial charge in [0.2, 0.25) is 11.8 Å². The monoisotopic (exact) mass is 611 g/mol. The highest BCUT2D eigenvalue weighted by atomic mass is 32.2. The zero-order valence-corrected chi connectivity index (χ0v) is 26.6. The average molecular weight is 612 g/mol. The third kappa shape index (κ3) is 8.35. The molecule has 8 heteroatoms. The van der Waals surface area contributed by atoms with E-state index in [9.17, 15) is 18.0 Å². The van der Waals surface area contributed by atoms with Gasteiger partial charge in [-0.2, -0.15) is 0 Å². The summed E-state index contributed by atoms with van der Waals surface area (Å²) >= 11 is 0. The van der Waals surface area contributed by atoms with Crippen LogP contribution in [0.2, 0.25) is 0 Å². The second kappa shape index (κ2) is 14.8. The van der Waals surface area contributed by atoms with Crippen LogP contribution in [0, 0.1) is 13.8 Å². The van der Waals surface area contributed by atoms with Gasteiger partial charge in [0.05, 0.1) is 10.6 Å². The second-order valence-electron chi connectivity index (χ2n) is 11.2. The van der Waals surface area contributed by atoms with Gasteiger partial charge in [-0.05, 0) is 73.7 Å². The topological polar surface area (TPSA) is 86.8 Å². The van der Waals surface area contributed by atoms with Crippen LogP contribution in [-0.4, -0.2) is 43.8 Å². The molecule has 7 nitrogen and oxygen atoms in total. The zero-order chi connectivity index (χ0) is 31.7. The molecule has 0 aliphatic heterocycles. The Balaban J connectivity index is 1.81. The summed E-state index contributed by atoms with van der Waals surface area (Å²) in [4.78, 5) is 30.0. The van der Waals surface area contributed by atoms with Gasteiger partial charge in [0.15, 0.2) is 0 Å². The second-order valence-corrected chi connectivity index (χ2v) is 13.1. The van der Waals surface area contributed by atoms with E-state index in [2.05, 4.69) is 5.32 Å². The Bertz CT molecular complexity index is 1620. The van der Waals surface area contributed by atoms with E-state index in [0.29, 0.717) is 5.69 Å². The number of carbonyl (C=O) groups excluding carboxylic acids is 2. The van der Waals surface area contributed by atoms with Crippen LogP contribution in [0.4, 0.5) is 5.69 Å². The van der Waals surface area contributed by atoms with Crippen LogP contribution in [0.15, 0.2) is 114 Å². The minimum absolute atomic E-state index is 0.0805. The Morgan fingerprint density at radius 3 is 1.84 bits per heavy atom. The SMILES string of the molecule is CC[C@H](C)NC(=O)[C@H](Cc1ccccc1)N(Cc1ccccc1)C(=O)CN(c1cc(C)cc(C)c1)S(=O)(=O)c1ccccc1. The molecule has 4 aromatic carbocycles. The van der Waals surface area contributed by atoms with Crippen molar-refractivity contribution in [2.75, 3.05) is 10.8 Å². The summed E-state index contributed by atoms with van der Waals surface area (Å²) in [5.74, 6) is -0.760. The summed E-state index contributed by atoms with van der Waals surface area (Å²) in [7, 11) is -4.13. The van der Waals surface area contributed by atoms with E-state index in [0.717, 1.165) is 33.0 Å². The predicted octanol–water partition coefficient (Wildman–Crippen LogP) is 6.05. The lowest BCUT2D eigenvalue weighted by atomic mass is 10.0. The lowest BCUT2D eigenvalue weighted by Crippen LogP contribution is -2.54. The summed E-state index contributed by atoms with van der Waals surface area (Å²) in [6.07, 6.45) is 1.00. The number of benzene rings is 4. The van der Waals surface area contributed by atoms with E-state index in [-0.39, 0.29) is 29.8 Å². The summed E-state index contributed by atoms with van der Waals surface area (Å²) in [5.41, 5.74) is 3.86. The predicted molar refractivity (Wildman–Crippen MR) is 176 cm³/mol. The first-order valence-corrected chi connectivity index (χ1v) is 16.4. The number of rotatable bonds is 13. The Morgan fingerprint density at radius 2 is 1.30 bits per heavy atom. The molecule has 4 aromatic rings. The molecule has 0 aromatic heterocycles. The van der Waals surface area contributed by atoms with E-state index in [1.165, 1.54) is 17.0 Å². The molecule has 2 amide bonds. The van der Waals surface area contributed by atoms with Crippen molar-refractivity contribution < 1.29 is 18.0 Å². The molecule has 0 heterocycles. The average Bonchev–Trinajstić information content (AvgIpc) is 3.02. The standard InChI is InChI=1S/C36H41N3O4S/c1-5-29(4)37-36(41)34(24-30-15-9-6-10-16-30)38(25-31-17-11-7-12-18-31)35(40)26-39(32-22-27(2)21-28(3)23-32)44(42,43)33-19-13-8-14-20-33/h6-23,29,34H,5,24-26H2,1-4H3,(H,37,41)/t29-,34-/m0/s1. The molecule has 0 spiro atoms. The van der Waals surface area contributed by atoms with Crippen molar-refractivity contribution in [2.24, 2.45) is 0 Å². The van der Waals surface area contributed by atoms with Crippen LogP contribution in [0.1, 0.15) is 42.5 Å². The van der Waals surface area contributed by atoms with Gasteiger partial charge in [-0.3, -0.25) is 13.9 Å². The van der Waals surface area contributed by atoms with E-state index >= 15 is 0 Å². The molecule has 4 rings (SSSR count). The molecule has 0 saturated carbocycles. The van der Waals surface area contributed by atoms with Gasteiger partial charge < -0.3 is 10.2 Å². The Hall–Kier alpha value is -4.43. The number of sulfonamides is 1. The quantitative estimate of drug-likeness (QED) is 0.199. The Labute approximate surface area is 261 Å². The maximum Gasteiger partial charge on any atom is 0.264 e. The number of hydrogen-bond acceptors (Lipinski definition) is 4. The van der Waals surface area contributed by atoms with E-state index in [1.807, 2.05) is 94.4 Å². The van der Waals surface area contributed by atoms with E-state index in [1.54, 1.807) is 30.3 Å². The molecule has 0 saturated heterocycles. The van der Waals surface area contributed by atoms with Crippen molar-refractivity contribution in [3.05, 3.63) is 131 Å². The highest BCUT2D eigenvalue weighted by Gasteiger charge is 2.35. The normalized spacial score (nSPS) is 12.6. The van der Waals surface area contributed by atoms with Crippen LogP contribution in [0.3, 0.4) is 0 Å². The van der Waals surface area contributed by atoms with E-state index < -0.39 is 28.5 Å². The summed E-state index contributed by atoms with van der Waals surface area (Å²) in [6, 6.07) is 31.6. The lowest BCUT2D eigenvalue weighted by Gasteiger charge is -2.34. The number of nitrogens with zero attached hydrogens (tertiary/aromatic N) is 2. The molecule has 2 atom stereocenters. The van der Waals surface area contributed by atoms with Crippen molar-refractivity contribution in [1.82, 2.24) is 10.2 Å². The summed E-state index contributed by atoms with van der Waals surface area (Å²) < 4.78 is 29.4. The van der Waals surface area contributed by atoms with Gasteiger partial charge in [0.25, 0.3) is 10.0 Å². The molecule has 0 bridgehead atoms. The molecule has 0 fully saturated rings. The van der Waals surface area contributed by atoms with Crippen LogP contribution in [0.25, 0.3) is 0 Å². The number of aryl methyl sites for hydroxylation is 2. The maximum atomic E-state index is 14.5. The van der Waals surface area contributed by atoms with Crippen molar-refractivity contribution in [2.45, 2.75) is 64.1 Å². The first kappa shape index (κ1) is 32.5. The first-order chi connectivity index (χ1) is 21.1. The largest absolute Gasteiger partial charge is 0.352 e. The molecule has 0 aliphatic carbocycles. The summed E-state index contributed by atoms with van der Waals surface area (Å²) in [6.45, 7) is 7.35. The van der Waals surface area contributed by atoms with Gasteiger partial charge in [-0.25, -0.2) is 8.42 Å². The van der Waals surface area contributed by atoms with Gasteiger partial charge in [-0.15, -0.1) is 0 Å². The molecule has 44 heavy (non-hydrogen) atoms. The van der Waals surface area contributed by atoms with Crippen molar-refractivity contribution in [3.8, 4) is 0 Å². The number of carbonyl (C=O) groups is 2. The van der Waals surface area contributed by atoms with Crippen molar-refractivity contribution >= 4 is 27.5 Å². The summed E-state index contributed by atoms with van der Waals surface area (Å²) in [5, 5.41) is 3.06. The molecule has 1 N–H and O–H groups in total. The minimum atomic E-state index is -4.13. The fourth-order valence-corrected chi connectivity index (χ4v) is 6.54. The molecule has 0 radical (unpaired) electrons. The fourth-order valence-electron chi connectivity index (χ4n) is 5.12. The molecular formula is C36H41N3O4S. The number of anilines is 1. The van der Waals surface area contributed by atoms with Gasteiger partial charge in [0, 0.05) is 19.0 Å². The highest BCUT2D eigenvalue weighted by Crippen LogP contribution is 2.27. The number of hydrogen-bond donors (Lipinski definition) is 1. The number of amides is 2. The highest BCUT2D eigenvalue weighted by molar-refractivity contribution is 7.92. The molecule has 0 unspecified atom stereocenters. The van der Waals surface area contributed by atoms with Gasteiger partial charge in [0.1, 0.15) is 12.6 Å². The Kier molecular flexibility index (Phi) is 11.0. The van der Waals surface area contributed by atoms with Crippen molar-refractivity contribution in [1.29, 1.82) is 0 Å². The fraction of sp³-hybridized carbons (Fsp3) is 0.278. The van der Waals surface area contributed by atoms with Crippen LogP contribution >= 0.6 is 0 Å². The van der Waals surface area contributed by atoms with Gasteiger partial charge in [-0.1, -0.05) is 91.9 Å². The number of nitrogens with one attached hydrogen (secondary N) is 1. The minimum Gasteiger partial charge on any atom is -0.352 e. The molecule has 230 valence electrons. The van der Waals surface area contributed by atoms with Crippen LogP contribution in [0.5, 0.6) is 0 Å². The third-order valence-electron chi connectivity index (χ3n) is 7.57. The van der Waals surface area contributed by atoms with Crippen LogP contribution < -0.4 is 9.62 Å². The molecule has 0 aliphatic rings. The van der Waals surface area contributed by atoms with E-state index in [4.69, 9.17) is 0 Å². The Morgan fingerprint density at radius 1 is 0.773 bits per heavy atom. The smallest absolute Gasteiger partial charge is 0.264 e. The lowest BCUT2D eigenvalue weighted by molar-refractivity contribution is -0.140.